The smallest absolute Gasteiger partial charge is 0.339 e. The molecule has 0 unspecified atom stereocenters. The van der Waals surface area contributed by atoms with Gasteiger partial charge in [-0.15, -0.1) is 22.7 Å². The van der Waals surface area contributed by atoms with Crippen LogP contribution in [-0.4, -0.2) is 32.9 Å². The Balaban J connectivity index is 1.07. The third-order valence-corrected chi connectivity index (χ3v) is 11.0. The van der Waals surface area contributed by atoms with Crippen molar-refractivity contribution in [1.82, 2.24) is 9.97 Å². The van der Waals surface area contributed by atoms with Crippen LogP contribution in [0, 0.1) is 11.6 Å². The van der Waals surface area contributed by atoms with Gasteiger partial charge in [0.2, 0.25) is 0 Å². The van der Waals surface area contributed by atoms with Gasteiger partial charge in [0.15, 0.2) is 0 Å². The number of carbonyl (C=O) groups excluding carboxylic acids is 2. The molecule has 53 heavy (non-hydrogen) atoms. The SMILES string of the molecule is CCc1c(-c2cc(NC(=O)c3cc(F)cc(-c4ccc5[nH]cc(-c6scc(NC(=O)c7cccc(F)c7)c6C(=O)O)c5c4)c3)cs2)[nH]c2ccccc12. The van der Waals surface area contributed by atoms with Gasteiger partial charge in [-0.05, 0) is 83.8 Å². The number of carbonyl (C=O) groups is 3. The first-order valence-corrected chi connectivity index (χ1v) is 18.3. The Morgan fingerprint density at radius 3 is 2.38 bits per heavy atom. The van der Waals surface area contributed by atoms with E-state index in [1.165, 1.54) is 52.6 Å². The summed E-state index contributed by atoms with van der Waals surface area (Å²) in [6, 6.07) is 24.6. The second-order valence-corrected chi connectivity index (χ2v) is 14.1. The molecule has 4 aromatic heterocycles. The van der Waals surface area contributed by atoms with Crippen LogP contribution in [0.5, 0.6) is 0 Å². The Hall–Kier alpha value is -6.37. The van der Waals surface area contributed by atoms with Gasteiger partial charge < -0.3 is 25.7 Å². The maximum Gasteiger partial charge on any atom is 0.339 e. The van der Waals surface area contributed by atoms with Crippen molar-refractivity contribution < 1.29 is 28.3 Å². The topological polar surface area (TPSA) is 127 Å². The van der Waals surface area contributed by atoms with Crippen molar-refractivity contribution >= 4 is 73.6 Å². The number of aromatic nitrogens is 2. The van der Waals surface area contributed by atoms with Gasteiger partial charge in [-0.3, -0.25) is 9.59 Å². The molecule has 0 atom stereocenters. The van der Waals surface area contributed by atoms with E-state index in [9.17, 15) is 23.9 Å². The molecule has 0 aliphatic heterocycles. The van der Waals surface area contributed by atoms with E-state index in [0.717, 1.165) is 45.3 Å². The van der Waals surface area contributed by atoms with Gasteiger partial charge in [0, 0.05) is 55.5 Å². The van der Waals surface area contributed by atoms with Gasteiger partial charge in [-0.25, -0.2) is 13.6 Å². The number of hydrogen-bond donors (Lipinski definition) is 5. The zero-order valence-electron chi connectivity index (χ0n) is 27.8. The number of para-hydroxylation sites is 1. The molecule has 0 spiro atoms. The molecule has 262 valence electrons. The highest BCUT2D eigenvalue weighted by molar-refractivity contribution is 7.14. The van der Waals surface area contributed by atoms with Gasteiger partial charge in [0.1, 0.15) is 17.2 Å². The molecule has 4 heterocycles. The molecular weight excluding hydrogens is 715 g/mol. The van der Waals surface area contributed by atoms with Crippen LogP contribution in [0.4, 0.5) is 20.2 Å². The molecule has 8 rings (SSSR count). The molecule has 5 N–H and O–H groups in total. The summed E-state index contributed by atoms with van der Waals surface area (Å²) in [4.78, 5) is 46.8. The number of halogens is 2. The first kappa shape index (κ1) is 33.8. The van der Waals surface area contributed by atoms with Crippen LogP contribution in [0.1, 0.15) is 43.6 Å². The van der Waals surface area contributed by atoms with Crippen LogP contribution in [0.2, 0.25) is 0 Å². The predicted molar refractivity (Wildman–Crippen MR) is 207 cm³/mol. The number of aryl methyl sites for hydroxylation is 1. The fourth-order valence-electron chi connectivity index (χ4n) is 6.57. The Morgan fingerprint density at radius 2 is 1.57 bits per heavy atom. The van der Waals surface area contributed by atoms with E-state index in [-0.39, 0.29) is 22.4 Å². The van der Waals surface area contributed by atoms with E-state index in [0.29, 0.717) is 38.2 Å². The number of aromatic amines is 2. The Kier molecular flexibility index (Phi) is 8.69. The summed E-state index contributed by atoms with van der Waals surface area (Å²) in [6.07, 6.45) is 2.51. The van der Waals surface area contributed by atoms with Crippen molar-refractivity contribution in [3.63, 3.8) is 0 Å². The van der Waals surface area contributed by atoms with E-state index >= 15 is 4.39 Å². The molecule has 0 saturated carbocycles. The lowest BCUT2D eigenvalue weighted by Gasteiger charge is -2.09. The Morgan fingerprint density at radius 1 is 0.755 bits per heavy atom. The normalized spacial score (nSPS) is 11.3. The molecule has 0 aliphatic carbocycles. The zero-order chi connectivity index (χ0) is 36.8. The Labute approximate surface area is 308 Å². The molecule has 12 heteroatoms. The van der Waals surface area contributed by atoms with Crippen molar-refractivity contribution in [2.45, 2.75) is 13.3 Å². The summed E-state index contributed by atoms with van der Waals surface area (Å²) in [6.45, 7) is 2.11. The minimum absolute atomic E-state index is 0.0463. The van der Waals surface area contributed by atoms with Crippen molar-refractivity contribution in [1.29, 1.82) is 0 Å². The second kappa shape index (κ2) is 13.6. The van der Waals surface area contributed by atoms with E-state index in [1.54, 1.807) is 30.5 Å². The highest BCUT2D eigenvalue weighted by Gasteiger charge is 2.24. The lowest BCUT2D eigenvalue weighted by Crippen LogP contribution is -2.14. The Bertz CT molecular complexity index is 2740. The van der Waals surface area contributed by atoms with Gasteiger partial charge in [0.25, 0.3) is 11.8 Å². The molecule has 0 bridgehead atoms. The van der Waals surface area contributed by atoms with Gasteiger partial charge in [-0.1, -0.05) is 37.3 Å². The number of fused-ring (bicyclic) bond motifs is 2. The highest BCUT2D eigenvalue weighted by atomic mass is 32.1. The quantitative estimate of drug-likeness (QED) is 0.101. The summed E-state index contributed by atoms with van der Waals surface area (Å²) >= 11 is 2.63. The number of anilines is 2. The number of amides is 2. The summed E-state index contributed by atoms with van der Waals surface area (Å²) in [5, 5.41) is 20.9. The van der Waals surface area contributed by atoms with Gasteiger partial charge in [-0.2, -0.15) is 0 Å². The van der Waals surface area contributed by atoms with E-state index in [4.69, 9.17) is 0 Å². The molecule has 0 fully saturated rings. The fraction of sp³-hybridized carbons (Fsp3) is 0.0488. The fourth-order valence-corrected chi connectivity index (χ4v) is 8.47. The lowest BCUT2D eigenvalue weighted by molar-refractivity contribution is 0.0699. The number of thiophene rings is 2. The van der Waals surface area contributed by atoms with Crippen molar-refractivity contribution in [3.05, 3.63) is 142 Å². The summed E-state index contributed by atoms with van der Waals surface area (Å²) in [5.74, 6) is -3.56. The largest absolute Gasteiger partial charge is 0.478 e. The molecule has 0 saturated heterocycles. The molecular formula is C41H28F2N4O4S2. The van der Waals surface area contributed by atoms with E-state index in [1.807, 2.05) is 29.6 Å². The highest BCUT2D eigenvalue weighted by Crippen LogP contribution is 2.41. The van der Waals surface area contributed by atoms with Crippen LogP contribution in [-0.2, 0) is 6.42 Å². The van der Waals surface area contributed by atoms with Gasteiger partial charge >= 0.3 is 5.97 Å². The van der Waals surface area contributed by atoms with E-state index in [2.05, 4.69) is 33.6 Å². The maximum absolute atomic E-state index is 15.1. The minimum Gasteiger partial charge on any atom is -0.478 e. The zero-order valence-corrected chi connectivity index (χ0v) is 29.5. The molecule has 8 aromatic rings. The minimum atomic E-state index is -1.26. The van der Waals surface area contributed by atoms with Gasteiger partial charge in [0.05, 0.1) is 26.8 Å². The van der Waals surface area contributed by atoms with Crippen LogP contribution in [0.25, 0.3) is 53.9 Å². The summed E-state index contributed by atoms with van der Waals surface area (Å²) < 4.78 is 28.8. The second-order valence-electron chi connectivity index (χ2n) is 12.3. The number of rotatable bonds is 9. The number of carboxylic acid groups (broad SMARTS) is 1. The van der Waals surface area contributed by atoms with Crippen LogP contribution >= 0.6 is 22.7 Å². The number of nitrogens with one attached hydrogen (secondary N) is 4. The molecule has 4 aromatic carbocycles. The van der Waals surface area contributed by atoms with Crippen molar-refractivity contribution in [2.24, 2.45) is 0 Å². The molecule has 8 nitrogen and oxygen atoms in total. The summed E-state index contributed by atoms with van der Waals surface area (Å²) in [5.41, 5.74) is 6.28. The number of H-pyrrole nitrogens is 2. The first-order chi connectivity index (χ1) is 25.7. The van der Waals surface area contributed by atoms with Crippen LogP contribution in [0.3, 0.4) is 0 Å². The van der Waals surface area contributed by atoms with Crippen LogP contribution in [0.15, 0.2) is 108 Å². The average Bonchev–Trinajstić information content (AvgIpc) is 3.95. The molecule has 0 radical (unpaired) electrons. The maximum atomic E-state index is 15.1. The number of benzene rings is 4. The van der Waals surface area contributed by atoms with Crippen LogP contribution < -0.4 is 10.6 Å². The van der Waals surface area contributed by atoms with Crippen molar-refractivity contribution in [3.8, 4) is 32.1 Å². The van der Waals surface area contributed by atoms with Crippen molar-refractivity contribution in [2.75, 3.05) is 10.6 Å². The third-order valence-electron chi connectivity index (χ3n) is 9.03. The lowest BCUT2D eigenvalue weighted by atomic mass is 9.99. The molecule has 2 amide bonds. The number of carboxylic acids is 1. The molecule has 0 aliphatic rings. The number of aromatic carboxylic acids is 1. The summed E-state index contributed by atoms with van der Waals surface area (Å²) in [7, 11) is 0. The monoisotopic (exact) mass is 742 g/mol. The predicted octanol–water partition coefficient (Wildman–Crippen LogP) is 10.8. The average molecular weight is 743 g/mol. The van der Waals surface area contributed by atoms with E-state index < -0.39 is 29.4 Å². The first-order valence-electron chi connectivity index (χ1n) is 16.5. The standard InChI is InChI=1S/C41H28F2N4O4S2/c1-2-28-29-8-3-4-9-33(29)46-37(28)35-17-27(19-52-35)45-40(49)24-12-23(14-26(43)15-24)21-10-11-32-30(16-21)31(18-44-32)38-36(41(50)51)34(20-53-38)47-39(48)22-6-5-7-25(42)13-22/h3-20,44,46H,2H2,1H3,(H,45,49)(H,47,48)(H,50,51). The third kappa shape index (κ3) is 6.39. The number of hydrogen-bond acceptors (Lipinski definition) is 5.